The van der Waals surface area contributed by atoms with Crippen LogP contribution < -0.4 is 9.64 Å². The predicted octanol–water partition coefficient (Wildman–Crippen LogP) is 4.00. The van der Waals surface area contributed by atoms with Crippen molar-refractivity contribution >= 4 is 22.6 Å². The number of anilines is 1. The molecule has 0 N–H and O–H groups in total. The summed E-state index contributed by atoms with van der Waals surface area (Å²) in [6.07, 6.45) is 2.15. The van der Waals surface area contributed by atoms with Crippen LogP contribution in [0.15, 0.2) is 24.3 Å². The van der Waals surface area contributed by atoms with Gasteiger partial charge in [-0.2, -0.15) is 4.37 Å². The number of nitrogens with zero attached hydrogens (tertiary/aromatic N) is 4. The van der Waals surface area contributed by atoms with Gasteiger partial charge in [0, 0.05) is 50.1 Å². The largest absolute Gasteiger partial charge is 0.497 e. The SMILES string of the molecule is CCC(C)N(CCC(=O)N(CC)CC)c1nc(Cc2cccc(OC)c2)ns1. The van der Waals surface area contributed by atoms with Gasteiger partial charge < -0.3 is 14.5 Å². The highest BCUT2D eigenvalue weighted by molar-refractivity contribution is 7.09. The Hall–Kier alpha value is -2.15. The maximum absolute atomic E-state index is 12.4. The number of carbonyl (C=O) groups excluding carboxylic acids is 1. The van der Waals surface area contributed by atoms with Crippen LogP contribution in [0, 0.1) is 0 Å². The normalized spacial score (nSPS) is 11.9. The van der Waals surface area contributed by atoms with E-state index in [4.69, 9.17) is 9.72 Å². The van der Waals surface area contributed by atoms with Gasteiger partial charge in [-0.15, -0.1) is 0 Å². The lowest BCUT2D eigenvalue weighted by molar-refractivity contribution is -0.130. The molecule has 1 heterocycles. The fourth-order valence-electron chi connectivity index (χ4n) is 3.07. The summed E-state index contributed by atoms with van der Waals surface area (Å²) in [6.45, 7) is 10.5. The van der Waals surface area contributed by atoms with E-state index in [2.05, 4.69) is 29.2 Å². The summed E-state index contributed by atoms with van der Waals surface area (Å²) in [6, 6.07) is 8.28. The molecule has 7 heteroatoms. The second kappa shape index (κ2) is 11.0. The number of hydrogen-bond acceptors (Lipinski definition) is 6. The Morgan fingerprint density at radius 2 is 2.00 bits per heavy atom. The summed E-state index contributed by atoms with van der Waals surface area (Å²) in [5, 5.41) is 0.889. The number of ether oxygens (including phenoxy) is 1. The highest BCUT2D eigenvalue weighted by Gasteiger charge is 2.20. The summed E-state index contributed by atoms with van der Waals surface area (Å²) < 4.78 is 9.84. The van der Waals surface area contributed by atoms with Gasteiger partial charge in [0.05, 0.1) is 7.11 Å². The Bertz CT molecular complexity index is 746. The van der Waals surface area contributed by atoms with Gasteiger partial charge in [-0.3, -0.25) is 4.79 Å². The van der Waals surface area contributed by atoms with Gasteiger partial charge in [-0.25, -0.2) is 4.98 Å². The van der Waals surface area contributed by atoms with Crippen LogP contribution in [0.1, 0.15) is 51.9 Å². The molecule has 2 rings (SSSR count). The standard InChI is InChI=1S/C21H32N4O2S/c1-6-16(4)25(13-12-20(26)24(7-2)8-3)21-22-19(23-28-21)15-17-10-9-11-18(14-17)27-5/h9-11,14,16H,6-8,12-13,15H2,1-5H3. The van der Waals surface area contributed by atoms with E-state index in [-0.39, 0.29) is 5.91 Å². The molecule has 154 valence electrons. The predicted molar refractivity (Wildman–Crippen MR) is 115 cm³/mol. The third-order valence-electron chi connectivity index (χ3n) is 5.01. The number of rotatable bonds is 11. The molecule has 0 aliphatic heterocycles. The molecule has 2 aromatic rings. The highest BCUT2D eigenvalue weighted by Crippen LogP contribution is 2.23. The summed E-state index contributed by atoms with van der Waals surface area (Å²) in [5.74, 6) is 1.83. The molecule has 0 bridgehead atoms. The molecule has 1 aromatic carbocycles. The zero-order chi connectivity index (χ0) is 20.5. The molecule has 6 nitrogen and oxygen atoms in total. The van der Waals surface area contributed by atoms with Crippen molar-refractivity contribution in [2.45, 2.75) is 53.0 Å². The van der Waals surface area contributed by atoms with Crippen molar-refractivity contribution in [2.75, 3.05) is 31.6 Å². The third-order valence-corrected chi connectivity index (χ3v) is 5.80. The van der Waals surface area contributed by atoms with Crippen molar-refractivity contribution in [1.82, 2.24) is 14.3 Å². The Kier molecular flexibility index (Phi) is 8.70. The van der Waals surface area contributed by atoms with Crippen LogP contribution in [-0.4, -0.2) is 53.0 Å². The van der Waals surface area contributed by atoms with Crippen LogP contribution in [0.3, 0.4) is 0 Å². The van der Waals surface area contributed by atoms with Crippen LogP contribution in [0.2, 0.25) is 0 Å². The number of carbonyl (C=O) groups is 1. The van der Waals surface area contributed by atoms with Crippen molar-refractivity contribution in [2.24, 2.45) is 0 Å². The Morgan fingerprint density at radius 3 is 2.64 bits per heavy atom. The van der Waals surface area contributed by atoms with E-state index in [0.29, 0.717) is 25.4 Å². The van der Waals surface area contributed by atoms with Crippen molar-refractivity contribution in [1.29, 1.82) is 0 Å². The first kappa shape index (κ1) is 22.1. The van der Waals surface area contributed by atoms with Crippen LogP contribution in [0.4, 0.5) is 5.13 Å². The molecule has 0 aliphatic rings. The van der Waals surface area contributed by atoms with Gasteiger partial charge in [0.1, 0.15) is 11.6 Å². The molecule has 0 saturated heterocycles. The Labute approximate surface area is 172 Å². The molecule has 0 spiro atoms. The Balaban J connectivity index is 2.09. The van der Waals surface area contributed by atoms with Gasteiger partial charge in [0.25, 0.3) is 0 Å². The fourth-order valence-corrected chi connectivity index (χ4v) is 3.89. The minimum Gasteiger partial charge on any atom is -0.497 e. The first-order valence-corrected chi connectivity index (χ1v) is 10.8. The van der Waals surface area contributed by atoms with E-state index in [1.165, 1.54) is 11.5 Å². The van der Waals surface area contributed by atoms with Gasteiger partial charge >= 0.3 is 0 Å². The van der Waals surface area contributed by atoms with E-state index in [1.54, 1.807) is 7.11 Å². The summed E-state index contributed by atoms with van der Waals surface area (Å²) >= 11 is 1.41. The van der Waals surface area contributed by atoms with Crippen LogP contribution in [0.5, 0.6) is 5.75 Å². The molecule has 1 aromatic heterocycles. The van der Waals surface area contributed by atoms with Gasteiger partial charge in [-0.05, 0) is 44.9 Å². The third kappa shape index (κ3) is 5.92. The maximum atomic E-state index is 12.4. The lowest BCUT2D eigenvalue weighted by Crippen LogP contribution is -2.38. The summed E-state index contributed by atoms with van der Waals surface area (Å²) in [7, 11) is 1.67. The molecule has 1 unspecified atom stereocenters. The van der Waals surface area contributed by atoms with Crippen molar-refractivity contribution < 1.29 is 9.53 Å². The lowest BCUT2D eigenvalue weighted by atomic mass is 10.1. The maximum Gasteiger partial charge on any atom is 0.224 e. The lowest BCUT2D eigenvalue weighted by Gasteiger charge is -2.28. The quantitative estimate of drug-likeness (QED) is 0.566. The molecule has 28 heavy (non-hydrogen) atoms. The average Bonchev–Trinajstić information content (AvgIpc) is 3.17. The van der Waals surface area contributed by atoms with E-state index >= 15 is 0 Å². The molecule has 0 aliphatic carbocycles. The van der Waals surface area contributed by atoms with Crippen molar-refractivity contribution in [3.8, 4) is 5.75 Å². The Morgan fingerprint density at radius 1 is 1.25 bits per heavy atom. The minimum absolute atomic E-state index is 0.194. The van der Waals surface area contributed by atoms with Gasteiger partial charge in [-0.1, -0.05) is 19.1 Å². The monoisotopic (exact) mass is 404 g/mol. The number of methoxy groups -OCH3 is 1. The summed E-state index contributed by atoms with van der Waals surface area (Å²) in [5.41, 5.74) is 1.12. The smallest absolute Gasteiger partial charge is 0.224 e. The van der Waals surface area contributed by atoms with Crippen molar-refractivity contribution in [3.63, 3.8) is 0 Å². The number of aromatic nitrogens is 2. The second-order valence-electron chi connectivity index (χ2n) is 6.79. The van der Waals surface area contributed by atoms with E-state index in [0.717, 1.165) is 41.8 Å². The fraction of sp³-hybridized carbons (Fsp3) is 0.571. The first-order chi connectivity index (χ1) is 13.5. The van der Waals surface area contributed by atoms with Crippen molar-refractivity contribution in [3.05, 3.63) is 35.7 Å². The molecular weight excluding hydrogens is 372 g/mol. The van der Waals surface area contributed by atoms with Crippen LogP contribution in [0.25, 0.3) is 0 Å². The number of benzene rings is 1. The van der Waals surface area contributed by atoms with E-state index in [9.17, 15) is 4.79 Å². The van der Waals surface area contributed by atoms with E-state index < -0.39 is 0 Å². The zero-order valence-corrected chi connectivity index (χ0v) is 18.5. The molecule has 0 radical (unpaired) electrons. The first-order valence-electron chi connectivity index (χ1n) is 10.0. The highest BCUT2D eigenvalue weighted by atomic mass is 32.1. The number of hydrogen-bond donors (Lipinski definition) is 0. The van der Waals surface area contributed by atoms with Gasteiger partial charge in [0.15, 0.2) is 0 Å². The molecule has 1 atom stereocenters. The molecular formula is C21H32N4O2S. The number of amides is 1. The van der Waals surface area contributed by atoms with Gasteiger partial charge in [0.2, 0.25) is 11.0 Å². The van der Waals surface area contributed by atoms with E-state index in [1.807, 2.05) is 36.9 Å². The average molecular weight is 405 g/mol. The summed E-state index contributed by atoms with van der Waals surface area (Å²) in [4.78, 5) is 21.3. The molecule has 1 amide bonds. The topological polar surface area (TPSA) is 58.6 Å². The second-order valence-corrected chi connectivity index (χ2v) is 7.52. The van der Waals surface area contributed by atoms with Crippen LogP contribution >= 0.6 is 11.5 Å². The minimum atomic E-state index is 0.194. The molecule has 0 fully saturated rings. The van der Waals surface area contributed by atoms with Crippen LogP contribution in [-0.2, 0) is 11.2 Å². The molecule has 0 saturated carbocycles. The zero-order valence-electron chi connectivity index (χ0n) is 17.6.